The van der Waals surface area contributed by atoms with E-state index in [-0.39, 0.29) is 12.3 Å². The van der Waals surface area contributed by atoms with Gasteiger partial charge in [0.1, 0.15) is 6.04 Å². The largest absolute Gasteiger partial charge is 0.480 e. The summed E-state index contributed by atoms with van der Waals surface area (Å²) in [7, 11) is 0. The molecule has 1 atom stereocenters. The number of rotatable bonds is 3. The Morgan fingerprint density at radius 3 is 2.89 bits per heavy atom. The van der Waals surface area contributed by atoms with Crippen LogP contribution in [0.15, 0.2) is 18.2 Å². The highest BCUT2D eigenvalue weighted by Gasteiger charge is 2.33. The number of carboxylic acids is 1. The number of carboxylic acid groups (broad SMARTS) is 1. The summed E-state index contributed by atoms with van der Waals surface area (Å²) in [6.07, 6.45) is 1.43. The molecule has 2 rings (SSSR count). The Bertz CT molecular complexity index is 515. The molecule has 1 amide bonds. The molecule has 1 aliphatic heterocycles. The molecule has 1 aliphatic rings. The fourth-order valence-electron chi connectivity index (χ4n) is 2.43. The number of benzene rings is 1. The lowest BCUT2D eigenvalue weighted by atomic mass is 10.1. The first-order chi connectivity index (χ1) is 9.00. The van der Waals surface area contributed by atoms with E-state index in [0.717, 1.165) is 17.5 Å². The standard InChI is InChI=1S/C14H16ClNO3/c1-9-4-2-5-10(13(9)15)8-12(17)16-7-3-6-11(16)14(18)19/h2,4-5,11H,3,6-8H2,1H3,(H,18,19)/t11-/m1/s1. The number of carbonyl (C=O) groups is 2. The molecule has 4 nitrogen and oxygen atoms in total. The SMILES string of the molecule is Cc1cccc(CC(=O)N2CCC[C@@H]2C(=O)O)c1Cl. The van der Waals surface area contributed by atoms with Crippen molar-refractivity contribution in [3.8, 4) is 0 Å². The molecule has 1 saturated heterocycles. The highest BCUT2D eigenvalue weighted by molar-refractivity contribution is 6.32. The van der Waals surface area contributed by atoms with Crippen LogP contribution in [0.3, 0.4) is 0 Å². The Balaban J connectivity index is 2.13. The fraction of sp³-hybridized carbons (Fsp3) is 0.429. The summed E-state index contributed by atoms with van der Waals surface area (Å²) in [5, 5.41) is 9.66. The van der Waals surface area contributed by atoms with Crippen molar-refractivity contribution in [2.75, 3.05) is 6.54 Å². The Kier molecular flexibility index (Phi) is 4.10. The number of nitrogens with zero attached hydrogens (tertiary/aromatic N) is 1. The molecule has 1 aromatic rings. The molecule has 1 fully saturated rings. The van der Waals surface area contributed by atoms with Crippen molar-refractivity contribution in [2.24, 2.45) is 0 Å². The molecular formula is C14H16ClNO3. The molecule has 0 aliphatic carbocycles. The lowest BCUT2D eigenvalue weighted by Gasteiger charge is -2.21. The third kappa shape index (κ3) is 2.89. The second-order valence-corrected chi connectivity index (χ2v) is 5.19. The molecule has 102 valence electrons. The van der Waals surface area contributed by atoms with E-state index in [1.54, 1.807) is 6.07 Å². The summed E-state index contributed by atoms with van der Waals surface area (Å²) < 4.78 is 0. The number of hydrogen-bond acceptors (Lipinski definition) is 2. The average molecular weight is 282 g/mol. The van der Waals surface area contributed by atoms with E-state index in [2.05, 4.69) is 0 Å². The zero-order valence-corrected chi connectivity index (χ0v) is 11.5. The van der Waals surface area contributed by atoms with E-state index >= 15 is 0 Å². The molecule has 0 aromatic heterocycles. The fourth-order valence-corrected chi connectivity index (χ4v) is 2.62. The van der Waals surface area contributed by atoms with Gasteiger partial charge in [-0.15, -0.1) is 0 Å². The number of aliphatic carboxylic acids is 1. The van der Waals surface area contributed by atoms with Gasteiger partial charge in [0.05, 0.1) is 6.42 Å². The van der Waals surface area contributed by atoms with E-state index in [0.29, 0.717) is 18.0 Å². The third-order valence-corrected chi connectivity index (χ3v) is 4.01. The van der Waals surface area contributed by atoms with Crippen LogP contribution in [-0.2, 0) is 16.0 Å². The highest BCUT2D eigenvalue weighted by atomic mass is 35.5. The van der Waals surface area contributed by atoms with Crippen molar-refractivity contribution in [2.45, 2.75) is 32.2 Å². The maximum atomic E-state index is 12.2. The van der Waals surface area contributed by atoms with Gasteiger partial charge in [-0.25, -0.2) is 4.79 Å². The predicted octanol–water partition coefficient (Wildman–Crippen LogP) is 2.27. The van der Waals surface area contributed by atoms with Gasteiger partial charge in [0, 0.05) is 11.6 Å². The predicted molar refractivity (Wildman–Crippen MR) is 72.3 cm³/mol. The van der Waals surface area contributed by atoms with Crippen LogP contribution in [0.25, 0.3) is 0 Å². The van der Waals surface area contributed by atoms with E-state index in [1.807, 2.05) is 19.1 Å². The van der Waals surface area contributed by atoms with Crippen LogP contribution in [0.4, 0.5) is 0 Å². The number of aryl methyl sites for hydroxylation is 1. The maximum Gasteiger partial charge on any atom is 0.326 e. The van der Waals surface area contributed by atoms with Crippen LogP contribution < -0.4 is 0 Å². The van der Waals surface area contributed by atoms with Crippen molar-refractivity contribution in [1.82, 2.24) is 4.90 Å². The topological polar surface area (TPSA) is 57.6 Å². The summed E-state index contributed by atoms with van der Waals surface area (Å²) in [5.41, 5.74) is 1.67. The molecule has 1 aromatic carbocycles. The van der Waals surface area contributed by atoms with Gasteiger partial charge in [-0.1, -0.05) is 29.8 Å². The molecular weight excluding hydrogens is 266 g/mol. The number of amides is 1. The Hall–Kier alpha value is -1.55. The minimum absolute atomic E-state index is 0.157. The van der Waals surface area contributed by atoms with Crippen LogP contribution >= 0.6 is 11.6 Å². The number of likely N-dealkylation sites (tertiary alicyclic amines) is 1. The summed E-state index contributed by atoms with van der Waals surface area (Å²) in [6.45, 7) is 2.39. The summed E-state index contributed by atoms with van der Waals surface area (Å²) in [5.74, 6) is -1.10. The number of halogens is 1. The van der Waals surface area contributed by atoms with Crippen molar-refractivity contribution >= 4 is 23.5 Å². The molecule has 1 heterocycles. The van der Waals surface area contributed by atoms with Crippen LogP contribution in [0, 0.1) is 6.92 Å². The Labute approximate surface area is 117 Å². The van der Waals surface area contributed by atoms with Crippen molar-refractivity contribution in [3.05, 3.63) is 34.3 Å². The van der Waals surface area contributed by atoms with Crippen LogP contribution in [-0.4, -0.2) is 34.5 Å². The minimum Gasteiger partial charge on any atom is -0.480 e. The zero-order valence-electron chi connectivity index (χ0n) is 10.7. The van der Waals surface area contributed by atoms with Gasteiger partial charge in [-0.2, -0.15) is 0 Å². The molecule has 19 heavy (non-hydrogen) atoms. The van der Waals surface area contributed by atoms with Gasteiger partial charge in [0.2, 0.25) is 5.91 Å². The van der Waals surface area contributed by atoms with Crippen molar-refractivity contribution in [1.29, 1.82) is 0 Å². The van der Waals surface area contributed by atoms with E-state index in [9.17, 15) is 9.59 Å². The third-order valence-electron chi connectivity index (χ3n) is 3.47. The van der Waals surface area contributed by atoms with Gasteiger partial charge in [-0.05, 0) is 30.9 Å². The van der Waals surface area contributed by atoms with Crippen LogP contribution in [0.5, 0.6) is 0 Å². The molecule has 0 radical (unpaired) electrons. The summed E-state index contributed by atoms with van der Waals surface area (Å²) in [6, 6.07) is 4.85. The van der Waals surface area contributed by atoms with E-state index < -0.39 is 12.0 Å². The first-order valence-electron chi connectivity index (χ1n) is 6.27. The summed E-state index contributed by atoms with van der Waals surface area (Å²) >= 11 is 6.16. The zero-order chi connectivity index (χ0) is 14.0. The molecule has 5 heteroatoms. The Morgan fingerprint density at radius 1 is 1.47 bits per heavy atom. The first kappa shape index (κ1) is 13.9. The van der Waals surface area contributed by atoms with Gasteiger partial charge in [0.15, 0.2) is 0 Å². The molecule has 0 saturated carbocycles. The monoisotopic (exact) mass is 281 g/mol. The minimum atomic E-state index is -0.929. The first-order valence-corrected chi connectivity index (χ1v) is 6.64. The molecule has 0 unspecified atom stereocenters. The Morgan fingerprint density at radius 2 is 2.21 bits per heavy atom. The van der Waals surface area contributed by atoms with Crippen LogP contribution in [0.1, 0.15) is 24.0 Å². The van der Waals surface area contributed by atoms with Gasteiger partial charge < -0.3 is 10.0 Å². The molecule has 1 N–H and O–H groups in total. The van der Waals surface area contributed by atoms with Crippen molar-refractivity contribution < 1.29 is 14.7 Å². The second kappa shape index (κ2) is 5.61. The van der Waals surface area contributed by atoms with E-state index in [4.69, 9.17) is 16.7 Å². The summed E-state index contributed by atoms with van der Waals surface area (Å²) in [4.78, 5) is 24.7. The number of hydrogen-bond donors (Lipinski definition) is 1. The lowest BCUT2D eigenvalue weighted by Crippen LogP contribution is -2.41. The second-order valence-electron chi connectivity index (χ2n) is 4.81. The highest BCUT2D eigenvalue weighted by Crippen LogP contribution is 2.23. The van der Waals surface area contributed by atoms with Gasteiger partial charge in [0.25, 0.3) is 0 Å². The lowest BCUT2D eigenvalue weighted by molar-refractivity contribution is -0.148. The van der Waals surface area contributed by atoms with Crippen LogP contribution in [0.2, 0.25) is 5.02 Å². The van der Waals surface area contributed by atoms with Gasteiger partial charge >= 0.3 is 5.97 Å². The average Bonchev–Trinajstić information content (AvgIpc) is 2.84. The molecule has 0 bridgehead atoms. The van der Waals surface area contributed by atoms with Crippen molar-refractivity contribution in [3.63, 3.8) is 0 Å². The number of carbonyl (C=O) groups excluding carboxylic acids is 1. The maximum absolute atomic E-state index is 12.2. The smallest absolute Gasteiger partial charge is 0.326 e. The van der Waals surface area contributed by atoms with E-state index in [1.165, 1.54) is 4.90 Å². The quantitative estimate of drug-likeness (QED) is 0.925. The van der Waals surface area contributed by atoms with Gasteiger partial charge in [-0.3, -0.25) is 4.79 Å². The molecule has 0 spiro atoms. The normalized spacial score (nSPS) is 18.6.